The standard InChI is InChI=1S/C20H24N2O/c1-14-18(16-10-6-4-7-11-16)22(3)19(15(2)21-20(14)23)17-12-8-5-9-13-17/h4-15,18-19H,1-3H3,(H,21,23)/t14-,15+,18+,19-/m0/s1. The van der Waals surface area contributed by atoms with Gasteiger partial charge in [-0.15, -0.1) is 0 Å². The van der Waals surface area contributed by atoms with Gasteiger partial charge >= 0.3 is 0 Å². The zero-order valence-electron chi connectivity index (χ0n) is 13.9. The van der Waals surface area contributed by atoms with Crippen LogP contribution in [-0.4, -0.2) is 23.9 Å². The van der Waals surface area contributed by atoms with Gasteiger partial charge in [0, 0.05) is 12.1 Å². The molecule has 1 aliphatic heterocycles. The van der Waals surface area contributed by atoms with E-state index in [4.69, 9.17) is 0 Å². The van der Waals surface area contributed by atoms with Crippen LogP contribution in [0.25, 0.3) is 0 Å². The fourth-order valence-corrected chi connectivity index (χ4v) is 3.80. The molecule has 23 heavy (non-hydrogen) atoms. The maximum absolute atomic E-state index is 12.6. The van der Waals surface area contributed by atoms with Gasteiger partial charge in [-0.1, -0.05) is 67.6 Å². The van der Waals surface area contributed by atoms with Crippen LogP contribution in [0.2, 0.25) is 0 Å². The molecule has 0 aliphatic carbocycles. The van der Waals surface area contributed by atoms with Gasteiger partial charge in [0.2, 0.25) is 5.91 Å². The molecule has 0 saturated carbocycles. The first kappa shape index (κ1) is 15.8. The van der Waals surface area contributed by atoms with E-state index in [0.29, 0.717) is 0 Å². The minimum atomic E-state index is -0.0986. The van der Waals surface area contributed by atoms with Crippen molar-refractivity contribution < 1.29 is 4.79 Å². The highest BCUT2D eigenvalue weighted by atomic mass is 16.2. The van der Waals surface area contributed by atoms with Crippen molar-refractivity contribution in [1.82, 2.24) is 10.2 Å². The van der Waals surface area contributed by atoms with Gasteiger partial charge in [-0.25, -0.2) is 0 Å². The van der Waals surface area contributed by atoms with Gasteiger partial charge in [0.1, 0.15) is 0 Å². The van der Waals surface area contributed by atoms with E-state index < -0.39 is 0 Å². The second-order valence-electron chi connectivity index (χ2n) is 6.46. The molecule has 0 aromatic heterocycles. The molecule has 1 fully saturated rings. The Bertz CT molecular complexity index is 656. The van der Waals surface area contributed by atoms with E-state index in [0.717, 1.165) is 0 Å². The van der Waals surface area contributed by atoms with Crippen LogP contribution in [0.5, 0.6) is 0 Å². The molecule has 3 nitrogen and oxygen atoms in total. The third kappa shape index (κ3) is 3.02. The van der Waals surface area contributed by atoms with Gasteiger partial charge < -0.3 is 5.32 Å². The lowest BCUT2D eigenvalue weighted by Crippen LogP contribution is -2.39. The quantitative estimate of drug-likeness (QED) is 0.920. The number of amides is 1. The monoisotopic (exact) mass is 308 g/mol. The molecule has 3 rings (SSSR count). The lowest BCUT2D eigenvalue weighted by atomic mass is 9.91. The van der Waals surface area contributed by atoms with E-state index in [9.17, 15) is 4.79 Å². The summed E-state index contributed by atoms with van der Waals surface area (Å²) in [6.45, 7) is 4.11. The van der Waals surface area contributed by atoms with Crippen molar-refractivity contribution in [2.75, 3.05) is 7.05 Å². The molecule has 1 heterocycles. The Morgan fingerprint density at radius 3 is 1.83 bits per heavy atom. The molecule has 0 radical (unpaired) electrons. The van der Waals surface area contributed by atoms with Crippen LogP contribution in [-0.2, 0) is 4.79 Å². The van der Waals surface area contributed by atoms with Gasteiger partial charge in [-0.05, 0) is 25.1 Å². The average Bonchev–Trinajstić information content (AvgIpc) is 2.64. The molecular formula is C20H24N2O. The third-order valence-electron chi connectivity index (χ3n) is 4.89. The first-order chi connectivity index (χ1) is 11.1. The second kappa shape index (κ2) is 6.55. The number of rotatable bonds is 2. The average molecular weight is 308 g/mol. The summed E-state index contributed by atoms with van der Waals surface area (Å²) < 4.78 is 0. The summed E-state index contributed by atoms with van der Waals surface area (Å²) in [5.74, 6) is 0.0233. The van der Waals surface area contributed by atoms with E-state index >= 15 is 0 Å². The van der Waals surface area contributed by atoms with Gasteiger partial charge in [0.25, 0.3) is 0 Å². The smallest absolute Gasteiger partial charge is 0.225 e. The molecule has 1 saturated heterocycles. The number of nitrogens with zero attached hydrogens (tertiary/aromatic N) is 1. The number of hydrogen-bond acceptors (Lipinski definition) is 2. The van der Waals surface area contributed by atoms with Gasteiger partial charge in [-0.2, -0.15) is 0 Å². The number of carbonyl (C=O) groups is 1. The number of nitrogens with one attached hydrogen (secondary N) is 1. The molecule has 1 aliphatic rings. The summed E-state index contributed by atoms with van der Waals surface area (Å²) in [6, 6.07) is 21.0. The van der Waals surface area contributed by atoms with Crippen molar-refractivity contribution in [3.8, 4) is 0 Å². The lowest BCUT2D eigenvalue weighted by Gasteiger charge is -2.37. The molecule has 1 N–H and O–H groups in total. The molecule has 1 amide bonds. The van der Waals surface area contributed by atoms with E-state index in [-0.39, 0.29) is 30.0 Å². The highest BCUT2D eigenvalue weighted by molar-refractivity contribution is 5.80. The van der Waals surface area contributed by atoms with Crippen molar-refractivity contribution >= 4 is 5.91 Å². The second-order valence-corrected chi connectivity index (χ2v) is 6.46. The molecule has 120 valence electrons. The molecular weight excluding hydrogens is 284 g/mol. The summed E-state index contributed by atoms with van der Waals surface area (Å²) in [4.78, 5) is 14.9. The predicted molar refractivity (Wildman–Crippen MR) is 92.9 cm³/mol. The summed E-state index contributed by atoms with van der Waals surface area (Å²) >= 11 is 0. The van der Waals surface area contributed by atoms with E-state index in [1.807, 2.05) is 31.2 Å². The topological polar surface area (TPSA) is 32.3 Å². The van der Waals surface area contributed by atoms with Crippen LogP contribution in [0.3, 0.4) is 0 Å². The van der Waals surface area contributed by atoms with Crippen molar-refractivity contribution in [3.63, 3.8) is 0 Å². The largest absolute Gasteiger partial charge is 0.351 e. The lowest BCUT2D eigenvalue weighted by molar-refractivity contribution is -0.125. The van der Waals surface area contributed by atoms with E-state index in [2.05, 4.69) is 60.6 Å². The number of benzene rings is 2. The number of hydrogen-bond donors (Lipinski definition) is 1. The van der Waals surface area contributed by atoms with Crippen LogP contribution in [0.1, 0.15) is 37.1 Å². The zero-order chi connectivity index (χ0) is 16.4. The molecule has 3 heteroatoms. The molecule has 2 aromatic carbocycles. The fraction of sp³-hybridized carbons (Fsp3) is 0.350. The first-order valence-electron chi connectivity index (χ1n) is 8.22. The molecule has 0 spiro atoms. The number of carbonyl (C=O) groups excluding carboxylic acids is 1. The maximum Gasteiger partial charge on any atom is 0.225 e. The first-order valence-corrected chi connectivity index (χ1v) is 8.22. The van der Waals surface area contributed by atoms with Crippen molar-refractivity contribution in [2.45, 2.75) is 32.0 Å². The highest BCUT2D eigenvalue weighted by Crippen LogP contribution is 2.38. The summed E-state index contributed by atoms with van der Waals surface area (Å²) in [7, 11) is 2.13. The van der Waals surface area contributed by atoms with Crippen molar-refractivity contribution in [1.29, 1.82) is 0 Å². The van der Waals surface area contributed by atoms with E-state index in [1.54, 1.807) is 0 Å². The van der Waals surface area contributed by atoms with E-state index in [1.165, 1.54) is 11.1 Å². The number of likely N-dealkylation sites (N-methyl/N-ethyl adjacent to an activating group) is 1. The Balaban J connectivity index is 2.06. The molecule has 2 aromatic rings. The van der Waals surface area contributed by atoms with Crippen LogP contribution in [0.4, 0.5) is 0 Å². The Kier molecular flexibility index (Phi) is 4.49. The molecule has 0 bridgehead atoms. The van der Waals surface area contributed by atoms with Gasteiger partial charge in [-0.3, -0.25) is 9.69 Å². The zero-order valence-corrected chi connectivity index (χ0v) is 13.9. The molecule has 4 atom stereocenters. The summed E-state index contributed by atoms with van der Waals surface area (Å²) in [5, 5.41) is 3.19. The van der Waals surface area contributed by atoms with Crippen molar-refractivity contribution in [3.05, 3.63) is 71.8 Å². The Morgan fingerprint density at radius 2 is 1.30 bits per heavy atom. The van der Waals surface area contributed by atoms with Crippen LogP contribution in [0, 0.1) is 5.92 Å². The summed E-state index contributed by atoms with van der Waals surface area (Å²) in [5.41, 5.74) is 2.42. The highest BCUT2D eigenvalue weighted by Gasteiger charge is 2.39. The normalized spacial score (nSPS) is 28.9. The SMILES string of the molecule is C[C@@H]1C(=O)N[C@H](C)[C@@H](c2ccccc2)N(C)[C@H]1c1ccccc1. The third-order valence-corrected chi connectivity index (χ3v) is 4.89. The van der Waals surface area contributed by atoms with Crippen LogP contribution >= 0.6 is 0 Å². The van der Waals surface area contributed by atoms with Gasteiger partial charge in [0.15, 0.2) is 0 Å². The Hall–Kier alpha value is -2.13. The van der Waals surface area contributed by atoms with Crippen molar-refractivity contribution in [2.24, 2.45) is 5.92 Å². The minimum absolute atomic E-state index is 0.0612. The maximum atomic E-state index is 12.6. The van der Waals surface area contributed by atoms with Crippen LogP contribution in [0.15, 0.2) is 60.7 Å². The van der Waals surface area contributed by atoms with Gasteiger partial charge in [0.05, 0.1) is 12.0 Å². The summed E-state index contributed by atoms with van der Waals surface area (Å²) in [6.07, 6.45) is 0. The Morgan fingerprint density at radius 1 is 0.826 bits per heavy atom. The predicted octanol–water partition coefficient (Wildman–Crippen LogP) is 3.56. The van der Waals surface area contributed by atoms with Crippen LogP contribution < -0.4 is 5.32 Å². The Labute approximate surface area is 138 Å². The molecule has 0 unspecified atom stereocenters. The fourth-order valence-electron chi connectivity index (χ4n) is 3.80. The minimum Gasteiger partial charge on any atom is -0.351 e.